The Bertz CT molecular complexity index is 1390. The third-order valence-corrected chi connectivity index (χ3v) is 6.54. The quantitative estimate of drug-likeness (QED) is 0.299. The Morgan fingerprint density at radius 1 is 1.08 bits per heavy atom. The first-order chi connectivity index (χ1) is 18.6. The number of anilines is 2. The third-order valence-electron chi connectivity index (χ3n) is 5.69. The molecule has 0 saturated heterocycles. The van der Waals surface area contributed by atoms with E-state index in [1.807, 2.05) is 0 Å². The molecule has 1 aromatic heterocycles. The van der Waals surface area contributed by atoms with Crippen molar-refractivity contribution in [2.45, 2.75) is 19.9 Å². The number of carbonyl (C=O) groups is 4. The predicted octanol–water partition coefficient (Wildman–Crippen LogP) is 2.22. The number of rotatable bonds is 11. The maximum Gasteiger partial charge on any atom is 0.325 e. The van der Waals surface area contributed by atoms with Gasteiger partial charge >= 0.3 is 5.97 Å². The second-order valence-corrected chi connectivity index (χ2v) is 8.91. The van der Waals surface area contributed by atoms with Gasteiger partial charge in [0, 0.05) is 5.69 Å². The summed E-state index contributed by atoms with van der Waals surface area (Å²) in [6.45, 7) is 3.11. The minimum atomic E-state index is -1.33. The fourth-order valence-electron chi connectivity index (χ4n) is 3.85. The Morgan fingerprint density at radius 2 is 1.77 bits per heavy atom. The van der Waals surface area contributed by atoms with Crippen LogP contribution in [0.1, 0.15) is 44.3 Å². The van der Waals surface area contributed by atoms with E-state index in [9.17, 15) is 19.2 Å². The summed E-state index contributed by atoms with van der Waals surface area (Å²) in [7, 11) is 2.90. The minimum Gasteiger partial charge on any atom is -0.493 e. The van der Waals surface area contributed by atoms with E-state index < -0.39 is 36.3 Å². The standard InChI is InChI=1S/C26H29N5O7S/c1-5-38-19(32)13-29-25(34)22(15-10-11-17(36-3)18(12-15)37-4)31(16-9-7-6-8-14(16)2)26(35)23-20(27)21(24(28)33)30-39-23/h6-12,22H,5,13,27H2,1-4H3,(H2,28,33)(H,29,34)/t22-/m1/s1. The molecule has 0 bridgehead atoms. The van der Waals surface area contributed by atoms with Crippen LogP contribution in [0.15, 0.2) is 42.5 Å². The molecule has 1 atom stereocenters. The van der Waals surface area contributed by atoms with E-state index in [-0.39, 0.29) is 22.9 Å². The summed E-state index contributed by atoms with van der Waals surface area (Å²) in [6.07, 6.45) is 0. The van der Waals surface area contributed by atoms with Crippen molar-refractivity contribution >= 4 is 46.6 Å². The van der Waals surface area contributed by atoms with Crippen molar-refractivity contribution in [1.82, 2.24) is 9.69 Å². The molecule has 0 aliphatic carbocycles. The minimum absolute atomic E-state index is 0.0873. The van der Waals surface area contributed by atoms with Crippen LogP contribution in [-0.4, -0.2) is 55.4 Å². The first-order valence-electron chi connectivity index (χ1n) is 11.7. The molecule has 39 heavy (non-hydrogen) atoms. The molecule has 3 aromatic rings. The van der Waals surface area contributed by atoms with Gasteiger partial charge in [-0.1, -0.05) is 24.3 Å². The number of hydrogen-bond acceptors (Lipinski definition) is 10. The number of nitrogen functional groups attached to an aromatic ring is 1. The Labute approximate surface area is 229 Å². The van der Waals surface area contributed by atoms with Crippen LogP contribution >= 0.6 is 11.5 Å². The van der Waals surface area contributed by atoms with Crippen LogP contribution in [0.2, 0.25) is 0 Å². The molecular weight excluding hydrogens is 526 g/mol. The van der Waals surface area contributed by atoms with E-state index in [2.05, 4.69) is 9.69 Å². The molecule has 0 spiro atoms. The summed E-state index contributed by atoms with van der Waals surface area (Å²) in [5.41, 5.74) is 12.4. The Kier molecular flexibility index (Phi) is 9.44. The van der Waals surface area contributed by atoms with Crippen molar-refractivity contribution < 1.29 is 33.4 Å². The predicted molar refractivity (Wildman–Crippen MR) is 145 cm³/mol. The van der Waals surface area contributed by atoms with Gasteiger partial charge in [-0.15, -0.1) is 0 Å². The zero-order valence-electron chi connectivity index (χ0n) is 21.8. The van der Waals surface area contributed by atoms with Crippen molar-refractivity contribution in [2.24, 2.45) is 5.73 Å². The number of carbonyl (C=O) groups excluding carboxylic acids is 4. The number of amides is 3. The van der Waals surface area contributed by atoms with Crippen molar-refractivity contribution in [3.8, 4) is 11.5 Å². The molecule has 0 radical (unpaired) electrons. The van der Waals surface area contributed by atoms with Crippen LogP contribution in [0.25, 0.3) is 0 Å². The van der Waals surface area contributed by atoms with Crippen molar-refractivity contribution in [3.05, 3.63) is 64.2 Å². The lowest BCUT2D eigenvalue weighted by Crippen LogP contribution is -2.45. The molecule has 3 rings (SSSR count). The van der Waals surface area contributed by atoms with Gasteiger partial charge in [-0.3, -0.25) is 24.1 Å². The summed E-state index contributed by atoms with van der Waals surface area (Å²) in [4.78, 5) is 52.8. The SMILES string of the molecule is CCOC(=O)CNC(=O)[C@@H](c1ccc(OC)c(OC)c1)N(C(=O)c1snc(C(N)=O)c1N)c1ccccc1C. The van der Waals surface area contributed by atoms with Gasteiger partial charge in [0.15, 0.2) is 17.2 Å². The number of hydrogen-bond donors (Lipinski definition) is 3. The smallest absolute Gasteiger partial charge is 0.325 e. The zero-order chi connectivity index (χ0) is 28.7. The number of ether oxygens (including phenoxy) is 3. The molecule has 3 amide bonds. The number of benzene rings is 2. The number of nitrogens with two attached hydrogens (primary N) is 2. The van der Waals surface area contributed by atoms with Gasteiger partial charge in [-0.2, -0.15) is 4.37 Å². The lowest BCUT2D eigenvalue weighted by Gasteiger charge is -2.32. The summed E-state index contributed by atoms with van der Waals surface area (Å²) in [6, 6.07) is 10.3. The second kappa shape index (κ2) is 12.7. The van der Waals surface area contributed by atoms with E-state index in [0.29, 0.717) is 39.8 Å². The summed E-state index contributed by atoms with van der Waals surface area (Å²) < 4.78 is 19.6. The topological polar surface area (TPSA) is 176 Å². The first-order valence-corrected chi connectivity index (χ1v) is 12.5. The van der Waals surface area contributed by atoms with E-state index in [1.165, 1.54) is 19.1 Å². The molecule has 12 nitrogen and oxygen atoms in total. The molecule has 2 aromatic carbocycles. The van der Waals surface area contributed by atoms with Gasteiger partial charge in [-0.25, -0.2) is 0 Å². The highest BCUT2D eigenvalue weighted by atomic mass is 32.1. The number of primary amides is 1. The van der Waals surface area contributed by atoms with Gasteiger partial charge in [0.05, 0.1) is 26.5 Å². The van der Waals surface area contributed by atoms with Gasteiger partial charge in [0.25, 0.3) is 11.8 Å². The molecule has 13 heteroatoms. The molecule has 206 valence electrons. The van der Waals surface area contributed by atoms with E-state index in [1.54, 1.807) is 56.3 Å². The van der Waals surface area contributed by atoms with Crippen LogP contribution in [0.5, 0.6) is 11.5 Å². The molecule has 0 unspecified atom stereocenters. The largest absolute Gasteiger partial charge is 0.493 e. The number of esters is 1. The fraction of sp³-hybridized carbons (Fsp3) is 0.269. The second-order valence-electron chi connectivity index (χ2n) is 8.14. The average molecular weight is 556 g/mol. The highest BCUT2D eigenvalue weighted by Gasteiger charge is 2.37. The number of nitrogens with one attached hydrogen (secondary N) is 1. The van der Waals surface area contributed by atoms with Crippen molar-refractivity contribution in [3.63, 3.8) is 0 Å². The number of aryl methyl sites for hydroxylation is 1. The maximum atomic E-state index is 14.1. The van der Waals surface area contributed by atoms with Crippen LogP contribution in [0, 0.1) is 6.92 Å². The lowest BCUT2D eigenvalue weighted by molar-refractivity contribution is -0.143. The summed E-state index contributed by atoms with van der Waals surface area (Å²) >= 11 is 0.687. The van der Waals surface area contributed by atoms with Crippen LogP contribution < -0.4 is 31.2 Å². The van der Waals surface area contributed by atoms with Crippen LogP contribution in [0.3, 0.4) is 0 Å². The van der Waals surface area contributed by atoms with Gasteiger partial charge < -0.3 is 31.0 Å². The van der Waals surface area contributed by atoms with E-state index in [4.69, 9.17) is 25.7 Å². The Morgan fingerprint density at radius 3 is 2.36 bits per heavy atom. The third kappa shape index (κ3) is 6.26. The number of methoxy groups -OCH3 is 2. The molecule has 5 N–H and O–H groups in total. The van der Waals surface area contributed by atoms with Crippen LogP contribution in [-0.2, 0) is 14.3 Å². The first kappa shape index (κ1) is 28.9. The maximum absolute atomic E-state index is 14.1. The molecule has 0 saturated carbocycles. The highest BCUT2D eigenvalue weighted by Crippen LogP contribution is 2.37. The number of para-hydroxylation sites is 1. The van der Waals surface area contributed by atoms with Crippen LogP contribution in [0.4, 0.5) is 11.4 Å². The summed E-state index contributed by atoms with van der Waals surface area (Å²) in [5, 5.41) is 2.55. The highest BCUT2D eigenvalue weighted by molar-refractivity contribution is 7.09. The van der Waals surface area contributed by atoms with Crippen molar-refractivity contribution in [1.29, 1.82) is 0 Å². The molecule has 1 heterocycles. The monoisotopic (exact) mass is 555 g/mol. The number of aromatic nitrogens is 1. The molecule has 0 fully saturated rings. The molecule has 0 aliphatic rings. The lowest BCUT2D eigenvalue weighted by atomic mass is 10.0. The molecule has 0 aliphatic heterocycles. The van der Waals surface area contributed by atoms with Gasteiger partial charge in [0.2, 0.25) is 5.91 Å². The fourth-order valence-corrected chi connectivity index (χ4v) is 4.59. The Hall–Kier alpha value is -4.65. The zero-order valence-corrected chi connectivity index (χ0v) is 22.7. The molecular formula is C26H29N5O7S. The number of nitrogens with zero attached hydrogens (tertiary/aromatic N) is 2. The van der Waals surface area contributed by atoms with E-state index in [0.717, 1.165) is 0 Å². The summed E-state index contributed by atoms with van der Waals surface area (Å²) in [5.74, 6) is -2.23. The van der Waals surface area contributed by atoms with E-state index >= 15 is 0 Å². The average Bonchev–Trinajstić information content (AvgIpc) is 3.31. The van der Waals surface area contributed by atoms with Crippen molar-refractivity contribution in [2.75, 3.05) is 38.0 Å². The Balaban J connectivity index is 2.23. The normalized spacial score (nSPS) is 11.3. The van der Waals surface area contributed by atoms with Gasteiger partial charge in [0.1, 0.15) is 17.5 Å². The van der Waals surface area contributed by atoms with Gasteiger partial charge in [-0.05, 0) is 54.7 Å².